The van der Waals surface area contributed by atoms with Gasteiger partial charge in [-0.2, -0.15) is 0 Å². The van der Waals surface area contributed by atoms with E-state index in [9.17, 15) is 0 Å². The van der Waals surface area contributed by atoms with Crippen molar-refractivity contribution in [1.29, 1.82) is 0 Å². The van der Waals surface area contributed by atoms with Gasteiger partial charge in [0.25, 0.3) is 0 Å². The van der Waals surface area contributed by atoms with Crippen LogP contribution in [0.15, 0.2) is 36.8 Å². The van der Waals surface area contributed by atoms with Gasteiger partial charge in [-0.25, -0.2) is 0 Å². The molecule has 0 radical (unpaired) electrons. The van der Waals surface area contributed by atoms with Gasteiger partial charge >= 0.3 is 0 Å². The van der Waals surface area contributed by atoms with Gasteiger partial charge in [-0.3, -0.25) is 0 Å². The fourth-order valence-electron chi connectivity index (χ4n) is 2.84. The Morgan fingerprint density at radius 1 is 1.05 bits per heavy atom. The van der Waals surface area contributed by atoms with E-state index in [2.05, 4.69) is 29.6 Å². The van der Waals surface area contributed by atoms with E-state index in [4.69, 9.17) is 14.2 Å². The molecule has 1 aromatic carbocycles. The zero-order chi connectivity index (χ0) is 14.3. The van der Waals surface area contributed by atoms with Gasteiger partial charge in [0.05, 0.1) is 6.61 Å². The SMILES string of the molecule is C1=COC(CCCOc2ccc(C3CCNCC3)cc2)O1. The van der Waals surface area contributed by atoms with E-state index in [1.165, 1.54) is 18.4 Å². The summed E-state index contributed by atoms with van der Waals surface area (Å²) in [5, 5.41) is 3.40. The summed E-state index contributed by atoms with van der Waals surface area (Å²) < 4.78 is 16.2. The average molecular weight is 289 g/mol. The molecule has 4 heteroatoms. The quantitative estimate of drug-likeness (QED) is 0.817. The Morgan fingerprint density at radius 3 is 2.48 bits per heavy atom. The third-order valence-corrected chi connectivity index (χ3v) is 4.06. The number of rotatable bonds is 6. The van der Waals surface area contributed by atoms with Crippen LogP contribution in [-0.2, 0) is 9.47 Å². The second kappa shape index (κ2) is 7.36. The van der Waals surface area contributed by atoms with Crippen LogP contribution < -0.4 is 10.1 Å². The second-order valence-electron chi connectivity index (χ2n) is 5.56. The molecule has 2 aliphatic rings. The van der Waals surface area contributed by atoms with Crippen LogP contribution in [-0.4, -0.2) is 26.0 Å². The van der Waals surface area contributed by atoms with Crippen molar-refractivity contribution in [3.05, 3.63) is 42.4 Å². The smallest absolute Gasteiger partial charge is 0.239 e. The van der Waals surface area contributed by atoms with Gasteiger partial charge in [-0.05, 0) is 56.0 Å². The largest absolute Gasteiger partial charge is 0.494 e. The van der Waals surface area contributed by atoms with Crippen molar-refractivity contribution in [2.45, 2.75) is 37.9 Å². The van der Waals surface area contributed by atoms with Crippen LogP contribution in [0.2, 0.25) is 0 Å². The predicted molar refractivity (Wildman–Crippen MR) is 81.1 cm³/mol. The van der Waals surface area contributed by atoms with Crippen LogP contribution in [0.1, 0.15) is 37.2 Å². The molecule has 0 aromatic heterocycles. The average Bonchev–Trinajstić information content (AvgIpc) is 3.06. The second-order valence-corrected chi connectivity index (χ2v) is 5.56. The molecule has 0 spiro atoms. The Balaban J connectivity index is 1.39. The lowest BCUT2D eigenvalue weighted by molar-refractivity contribution is -0.0310. The number of piperidine rings is 1. The van der Waals surface area contributed by atoms with Crippen molar-refractivity contribution in [2.24, 2.45) is 0 Å². The zero-order valence-corrected chi connectivity index (χ0v) is 12.3. The maximum atomic E-state index is 5.76. The highest BCUT2D eigenvalue weighted by molar-refractivity contribution is 5.29. The third-order valence-electron chi connectivity index (χ3n) is 4.06. The van der Waals surface area contributed by atoms with Gasteiger partial charge in [-0.1, -0.05) is 12.1 Å². The fraction of sp³-hybridized carbons (Fsp3) is 0.529. The molecule has 2 heterocycles. The molecule has 0 bridgehead atoms. The van der Waals surface area contributed by atoms with Crippen LogP contribution in [0.25, 0.3) is 0 Å². The molecule has 0 unspecified atom stereocenters. The van der Waals surface area contributed by atoms with E-state index in [1.807, 2.05) is 0 Å². The first-order chi connectivity index (χ1) is 10.4. The molecule has 2 aliphatic heterocycles. The first-order valence-corrected chi connectivity index (χ1v) is 7.81. The lowest BCUT2D eigenvalue weighted by Crippen LogP contribution is -2.26. The summed E-state index contributed by atoms with van der Waals surface area (Å²) in [6.07, 6.45) is 7.28. The van der Waals surface area contributed by atoms with Crippen LogP contribution in [0.3, 0.4) is 0 Å². The molecule has 1 aromatic rings. The van der Waals surface area contributed by atoms with Crippen LogP contribution in [0, 0.1) is 0 Å². The molecular formula is C17H23NO3. The molecule has 0 saturated carbocycles. The zero-order valence-electron chi connectivity index (χ0n) is 12.3. The molecule has 1 saturated heterocycles. The van der Waals surface area contributed by atoms with Gasteiger partial charge in [0.1, 0.15) is 18.3 Å². The number of benzene rings is 1. The Morgan fingerprint density at radius 2 is 1.76 bits per heavy atom. The monoisotopic (exact) mass is 289 g/mol. The van der Waals surface area contributed by atoms with E-state index in [1.54, 1.807) is 12.5 Å². The Hall–Kier alpha value is -1.68. The maximum Gasteiger partial charge on any atom is 0.239 e. The Kier molecular flexibility index (Phi) is 5.00. The summed E-state index contributed by atoms with van der Waals surface area (Å²) in [6, 6.07) is 8.58. The summed E-state index contributed by atoms with van der Waals surface area (Å²) in [5.41, 5.74) is 1.43. The minimum atomic E-state index is -0.129. The number of hydrogen-bond donors (Lipinski definition) is 1. The topological polar surface area (TPSA) is 39.7 Å². The van der Waals surface area contributed by atoms with Gasteiger partial charge < -0.3 is 19.5 Å². The number of hydrogen-bond acceptors (Lipinski definition) is 4. The molecule has 21 heavy (non-hydrogen) atoms. The van der Waals surface area contributed by atoms with E-state index in [0.29, 0.717) is 12.5 Å². The lowest BCUT2D eigenvalue weighted by Gasteiger charge is -2.23. The lowest BCUT2D eigenvalue weighted by atomic mass is 9.90. The third kappa shape index (κ3) is 4.14. The first-order valence-electron chi connectivity index (χ1n) is 7.81. The van der Waals surface area contributed by atoms with E-state index < -0.39 is 0 Å². The maximum absolute atomic E-state index is 5.76. The van der Waals surface area contributed by atoms with Crippen molar-refractivity contribution in [3.8, 4) is 5.75 Å². The van der Waals surface area contributed by atoms with Crippen LogP contribution in [0.5, 0.6) is 5.75 Å². The normalized spacial score (nSPS) is 19.2. The molecule has 0 amide bonds. The molecule has 1 N–H and O–H groups in total. The summed E-state index contributed by atoms with van der Waals surface area (Å²) in [4.78, 5) is 0. The van der Waals surface area contributed by atoms with Crippen molar-refractivity contribution in [2.75, 3.05) is 19.7 Å². The first kappa shape index (κ1) is 14.3. The highest BCUT2D eigenvalue weighted by Crippen LogP contribution is 2.26. The van der Waals surface area contributed by atoms with E-state index in [-0.39, 0.29) is 6.29 Å². The number of nitrogens with one attached hydrogen (secondary N) is 1. The van der Waals surface area contributed by atoms with Gasteiger partial charge in [0, 0.05) is 6.42 Å². The van der Waals surface area contributed by atoms with E-state index >= 15 is 0 Å². The minimum absolute atomic E-state index is 0.129. The van der Waals surface area contributed by atoms with Crippen LogP contribution >= 0.6 is 0 Å². The molecule has 0 atom stereocenters. The molecule has 4 nitrogen and oxygen atoms in total. The minimum Gasteiger partial charge on any atom is -0.494 e. The van der Waals surface area contributed by atoms with Crippen LogP contribution in [0.4, 0.5) is 0 Å². The van der Waals surface area contributed by atoms with Gasteiger partial charge in [0.2, 0.25) is 6.29 Å². The Bertz CT molecular complexity index is 444. The molecule has 0 aliphatic carbocycles. The predicted octanol–water partition coefficient (Wildman–Crippen LogP) is 3.16. The van der Waals surface area contributed by atoms with Crippen molar-refractivity contribution in [3.63, 3.8) is 0 Å². The van der Waals surface area contributed by atoms with E-state index in [0.717, 1.165) is 31.7 Å². The molecule has 1 fully saturated rings. The highest BCUT2D eigenvalue weighted by Gasteiger charge is 2.15. The molecule has 3 rings (SSSR count). The summed E-state index contributed by atoms with van der Waals surface area (Å²) >= 11 is 0. The van der Waals surface area contributed by atoms with Crippen molar-refractivity contribution >= 4 is 0 Å². The fourth-order valence-corrected chi connectivity index (χ4v) is 2.84. The number of ether oxygens (including phenoxy) is 3. The standard InChI is InChI=1S/C17H23NO3/c1(2-17-20-12-13-21-17)11-19-16-5-3-14(4-6-16)15-7-9-18-10-8-15/h3-6,12-13,15,17-18H,1-2,7-11H2. The molecule has 114 valence electrons. The summed E-state index contributed by atoms with van der Waals surface area (Å²) in [6.45, 7) is 2.95. The highest BCUT2D eigenvalue weighted by atomic mass is 16.7. The van der Waals surface area contributed by atoms with Crippen molar-refractivity contribution < 1.29 is 14.2 Å². The molecular weight excluding hydrogens is 266 g/mol. The Labute approximate surface area is 126 Å². The summed E-state index contributed by atoms with van der Waals surface area (Å²) in [5.74, 6) is 1.64. The van der Waals surface area contributed by atoms with Gasteiger partial charge in [-0.15, -0.1) is 0 Å². The summed E-state index contributed by atoms with van der Waals surface area (Å²) in [7, 11) is 0. The van der Waals surface area contributed by atoms with Gasteiger partial charge in [0.15, 0.2) is 0 Å². The van der Waals surface area contributed by atoms with Crippen molar-refractivity contribution in [1.82, 2.24) is 5.32 Å².